The van der Waals surface area contributed by atoms with Gasteiger partial charge >= 0.3 is 0 Å². The minimum atomic E-state index is -0.442. The zero-order chi connectivity index (χ0) is 49.7. The molecule has 0 spiro atoms. The Hall–Kier alpha value is -7.58. The van der Waals surface area contributed by atoms with E-state index in [0.29, 0.717) is 33.6 Å². The Morgan fingerprint density at radius 2 is 0.514 bits per heavy atom. The monoisotopic (exact) mass is 922 g/mol. The highest BCUT2D eigenvalue weighted by atomic mass is 16.2. The largest absolute Gasteiger partial charge is 0.309 e. The highest BCUT2D eigenvalue weighted by molar-refractivity contribution is 6.36. The van der Waals surface area contributed by atoms with Gasteiger partial charge in [-0.3, -0.25) is 19.2 Å². The molecule has 2 aliphatic heterocycles. The summed E-state index contributed by atoms with van der Waals surface area (Å²) in [5.41, 5.74) is 12.2. The Balaban J connectivity index is 0.910. The second kappa shape index (κ2) is 15.0. The SMILES string of the molecule is CC(C)(C)c1ccc2c(c1)c1cc(C(C)(C)C)ccc1n2-c1ccc2c(c1)C(=O)N(c1ccc(N3C(=O)c4ccc(-n5c6ccc(C(C)(C)C)cc6c6cc(C(C)(C)C)ccc65)cc4C3=O)cc1)C2=O. The van der Waals surface area contributed by atoms with Gasteiger partial charge in [0.1, 0.15) is 0 Å². The minimum Gasteiger partial charge on any atom is -0.309 e. The molecular formula is C62H58N4O4. The van der Waals surface area contributed by atoms with Gasteiger partial charge in [0.05, 0.1) is 55.7 Å². The van der Waals surface area contributed by atoms with Gasteiger partial charge in [-0.1, -0.05) is 107 Å². The van der Waals surface area contributed by atoms with E-state index in [-0.39, 0.29) is 21.7 Å². The van der Waals surface area contributed by atoms with E-state index < -0.39 is 23.6 Å². The first-order valence-electron chi connectivity index (χ1n) is 24.2. The smallest absolute Gasteiger partial charge is 0.266 e. The molecule has 0 radical (unpaired) electrons. The summed E-state index contributed by atoms with van der Waals surface area (Å²) in [6, 6.07) is 43.9. The molecule has 11 rings (SSSR count). The van der Waals surface area contributed by atoms with Crippen molar-refractivity contribution in [2.45, 2.75) is 105 Å². The van der Waals surface area contributed by atoms with E-state index in [1.807, 2.05) is 24.3 Å². The van der Waals surface area contributed by atoms with Gasteiger partial charge in [0.2, 0.25) is 0 Å². The normalized spacial score (nSPS) is 14.6. The fraction of sp³-hybridized carbons (Fsp3) is 0.258. The summed E-state index contributed by atoms with van der Waals surface area (Å²) in [7, 11) is 0. The van der Waals surface area contributed by atoms with Crippen molar-refractivity contribution in [3.63, 3.8) is 0 Å². The third-order valence-corrected chi connectivity index (χ3v) is 14.6. The van der Waals surface area contributed by atoms with Gasteiger partial charge < -0.3 is 9.13 Å². The minimum absolute atomic E-state index is 0.0507. The van der Waals surface area contributed by atoms with Crippen LogP contribution in [0.4, 0.5) is 11.4 Å². The van der Waals surface area contributed by atoms with Crippen LogP contribution in [0.2, 0.25) is 0 Å². The molecule has 0 saturated carbocycles. The van der Waals surface area contributed by atoms with Crippen LogP contribution in [0.25, 0.3) is 55.0 Å². The number of hydrogen-bond donors (Lipinski definition) is 0. The van der Waals surface area contributed by atoms with E-state index in [4.69, 9.17) is 0 Å². The number of aromatic nitrogens is 2. The maximum absolute atomic E-state index is 14.3. The molecule has 9 aromatic rings. The zero-order valence-electron chi connectivity index (χ0n) is 42.1. The van der Waals surface area contributed by atoms with E-state index in [0.717, 1.165) is 55.0 Å². The number of carbonyl (C=O) groups excluding carboxylic acids is 4. The maximum Gasteiger partial charge on any atom is 0.266 e. The van der Waals surface area contributed by atoms with Crippen LogP contribution in [0.5, 0.6) is 0 Å². The number of fused-ring (bicyclic) bond motifs is 8. The van der Waals surface area contributed by atoms with Crippen molar-refractivity contribution >= 4 is 78.6 Å². The summed E-state index contributed by atoms with van der Waals surface area (Å²) >= 11 is 0. The quantitative estimate of drug-likeness (QED) is 0.165. The first-order chi connectivity index (χ1) is 32.9. The van der Waals surface area contributed by atoms with Crippen LogP contribution in [0, 0.1) is 0 Å². The number of rotatable bonds is 4. The highest BCUT2D eigenvalue weighted by Gasteiger charge is 2.40. The number of benzene rings is 7. The van der Waals surface area contributed by atoms with Gasteiger partial charge in [0.25, 0.3) is 23.6 Å². The average molecular weight is 923 g/mol. The van der Waals surface area contributed by atoms with Crippen LogP contribution in [0.1, 0.15) is 147 Å². The molecule has 2 aliphatic rings. The lowest BCUT2D eigenvalue weighted by molar-refractivity contribution is 0.0909. The van der Waals surface area contributed by atoms with Crippen LogP contribution < -0.4 is 9.80 Å². The Morgan fingerprint density at radius 3 is 0.771 bits per heavy atom. The predicted octanol–water partition coefficient (Wildman–Crippen LogP) is 14.7. The summed E-state index contributed by atoms with van der Waals surface area (Å²) < 4.78 is 4.36. The van der Waals surface area contributed by atoms with Gasteiger partial charge in [-0.25, -0.2) is 9.80 Å². The molecule has 0 saturated heterocycles. The number of amides is 4. The van der Waals surface area contributed by atoms with Crippen LogP contribution in [-0.2, 0) is 21.7 Å². The fourth-order valence-electron chi connectivity index (χ4n) is 10.4. The van der Waals surface area contributed by atoms with Crippen LogP contribution in [-0.4, -0.2) is 32.8 Å². The van der Waals surface area contributed by atoms with Gasteiger partial charge in [-0.15, -0.1) is 0 Å². The Morgan fingerprint density at radius 1 is 0.271 bits per heavy atom. The summed E-state index contributed by atoms with van der Waals surface area (Å²) in [5, 5.41) is 4.52. The lowest BCUT2D eigenvalue weighted by atomic mass is 9.85. The number of hydrogen-bond acceptors (Lipinski definition) is 4. The van der Waals surface area contributed by atoms with Crippen molar-refractivity contribution in [1.82, 2.24) is 9.13 Å². The Bertz CT molecular complexity index is 3390. The summed E-state index contributed by atoms with van der Waals surface area (Å²) in [6.07, 6.45) is 0. The second-order valence-electron chi connectivity index (χ2n) is 23.5. The van der Waals surface area contributed by atoms with Crippen molar-refractivity contribution in [2.75, 3.05) is 9.80 Å². The van der Waals surface area contributed by atoms with Gasteiger partial charge in [0, 0.05) is 32.9 Å². The molecule has 0 unspecified atom stereocenters. The number of nitrogens with zero attached hydrogens (tertiary/aromatic N) is 4. The topological polar surface area (TPSA) is 84.6 Å². The molecule has 0 fully saturated rings. The van der Waals surface area contributed by atoms with Gasteiger partial charge in [-0.2, -0.15) is 0 Å². The summed E-state index contributed by atoms with van der Waals surface area (Å²) in [4.78, 5) is 59.2. The van der Waals surface area contributed by atoms with Gasteiger partial charge in [-0.05, 0) is 153 Å². The number of anilines is 2. The van der Waals surface area contributed by atoms with Crippen LogP contribution in [0.3, 0.4) is 0 Å². The predicted molar refractivity (Wildman–Crippen MR) is 285 cm³/mol. The van der Waals surface area contributed by atoms with E-state index in [1.165, 1.54) is 32.1 Å². The standard InChI is InChI=1S/C62H58N4O4/c1-59(2,3)35-13-25-51-45(29-35)46-30-36(60(4,5)6)14-26-52(46)63(51)41-21-23-43-49(33-41)57(69)65(55(43)67)39-17-19-40(20-18-39)66-56(68)44-24-22-42(34-50(44)58(66)70)64-53-27-15-37(61(7,8)9)31-47(53)48-32-38(62(10,11)12)16-28-54(48)64/h13-34H,1-12H3. The lowest BCUT2D eigenvalue weighted by Crippen LogP contribution is -2.30. The molecule has 0 aliphatic carbocycles. The molecule has 2 aromatic heterocycles. The number of carbonyl (C=O) groups is 4. The van der Waals surface area contributed by atoms with Crippen molar-refractivity contribution < 1.29 is 19.2 Å². The maximum atomic E-state index is 14.3. The Labute approximate surface area is 409 Å². The summed E-state index contributed by atoms with van der Waals surface area (Å²) in [5.74, 6) is -1.76. The molecule has 8 nitrogen and oxygen atoms in total. The average Bonchev–Trinajstić information content (AvgIpc) is 3.97. The molecule has 70 heavy (non-hydrogen) atoms. The third kappa shape index (κ3) is 6.85. The molecule has 0 N–H and O–H groups in total. The van der Waals surface area contributed by atoms with Crippen molar-refractivity contribution in [1.29, 1.82) is 0 Å². The first-order valence-corrected chi connectivity index (χ1v) is 24.2. The van der Waals surface area contributed by atoms with E-state index in [9.17, 15) is 19.2 Å². The van der Waals surface area contributed by atoms with Crippen LogP contribution in [0.15, 0.2) is 133 Å². The van der Waals surface area contributed by atoms with Gasteiger partial charge in [0.15, 0.2) is 0 Å². The second-order valence-corrected chi connectivity index (χ2v) is 23.5. The molecule has 8 heteroatoms. The van der Waals surface area contributed by atoms with Crippen molar-refractivity contribution in [3.05, 3.63) is 178 Å². The van der Waals surface area contributed by atoms with E-state index in [2.05, 4.69) is 165 Å². The molecule has 4 amide bonds. The molecule has 0 bridgehead atoms. The van der Waals surface area contributed by atoms with Crippen LogP contribution >= 0.6 is 0 Å². The highest BCUT2D eigenvalue weighted by Crippen LogP contribution is 2.42. The first kappa shape index (κ1) is 44.9. The molecular weight excluding hydrogens is 865 g/mol. The molecule has 350 valence electrons. The molecule has 4 heterocycles. The molecule has 0 atom stereocenters. The fourth-order valence-corrected chi connectivity index (χ4v) is 10.4. The lowest BCUT2D eigenvalue weighted by Gasteiger charge is -2.19. The Kier molecular flexibility index (Phi) is 9.60. The number of imide groups is 2. The van der Waals surface area contributed by atoms with Crippen molar-refractivity contribution in [3.8, 4) is 11.4 Å². The zero-order valence-corrected chi connectivity index (χ0v) is 42.1. The van der Waals surface area contributed by atoms with E-state index in [1.54, 1.807) is 36.4 Å². The van der Waals surface area contributed by atoms with Crippen molar-refractivity contribution in [2.24, 2.45) is 0 Å². The third-order valence-electron chi connectivity index (χ3n) is 14.6. The summed E-state index contributed by atoms with van der Waals surface area (Å²) in [6.45, 7) is 26.6. The van der Waals surface area contributed by atoms with E-state index >= 15 is 0 Å². The molecule has 7 aromatic carbocycles.